The normalized spacial score (nSPS) is 10.9. The quantitative estimate of drug-likeness (QED) is 0.405. The summed E-state index contributed by atoms with van der Waals surface area (Å²) in [5.41, 5.74) is 1.71. The Labute approximate surface area is 169 Å². The number of carbonyl (C=O) groups is 1. The highest BCUT2D eigenvalue weighted by atomic mass is 32.2. The van der Waals surface area contributed by atoms with E-state index < -0.39 is 0 Å². The summed E-state index contributed by atoms with van der Waals surface area (Å²) in [5, 5.41) is 21.3. The standard InChI is InChI=1S/C17H19N5O2S3/c1-2-25-17-21-20-15(27-17)19-14(24)11-26-16-18-13(10-23)9-22(16)8-12-6-4-3-5-7-12/h3-7,9,23H,2,8,10-11H2,1H3,(H,19,20,24). The van der Waals surface area contributed by atoms with Gasteiger partial charge < -0.3 is 9.67 Å². The van der Waals surface area contributed by atoms with E-state index in [1.54, 1.807) is 11.8 Å². The number of imidazole rings is 1. The van der Waals surface area contributed by atoms with E-state index in [2.05, 4.69) is 20.5 Å². The van der Waals surface area contributed by atoms with E-state index in [0.29, 0.717) is 22.5 Å². The van der Waals surface area contributed by atoms with Crippen LogP contribution in [-0.4, -0.2) is 42.3 Å². The van der Waals surface area contributed by atoms with E-state index in [1.165, 1.54) is 23.1 Å². The van der Waals surface area contributed by atoms with Crippen molar-refractivity contribution in [1.82, 2.24) is 19.7 Å². The molecule has 142 valence electrons. The van der Waals surface area contributed by atoms with Gasteiger partial charge in [0.15, 0.2) is 9.50 Å². The summed E-state index contributed by atoms with van der Waals surface area (Å²) in [4.78, 5) is 16.6. The molecule has 0 radical (unpaired) electrons. The van der Waals surface area contributed by atoms with Gasteiger partial charge in [0, 0.05) is 12.7 Å². The number of nitrogens with zero attached hydrogens (tertiary/aromatic N) is 4. The van der Waals surface area contributed by atoms with Crippen LogP contribution in [-0.2, 0) is 17.9 Å². The maximum Gasteiger partial charge on any atom is 0.236 e. The van der Waals surface area contributed by atoms with E-state index in [-0.39, 0.29) is 18.3 Å². The van der Waals surface area contributed by atoms with Crippen LogP contribution in [0.15, 0.2) is 46.0 Å². The van der Waals surface area contributed by atoms with Crippen LogP contribution in [0.4, 0.5) is 5.13 Å². The molecule has 0 aliphatic rings. The lowest BCUT2D eigenvalue weighted by Gasteiger charge is -2.07. The number of aliphatic hydroxyl groups excluding tert-OH is 1. The number of aromatic nitrogens is 4. The maximum atomic E-state index is 12.2. The van der Waals surface area contributed by atoms with Gasteiger partial charge in [-0.05, 0) is 11.3 Å². The van der Waals surface area contributed by atoms with Crippen molar-refractivity contribution in [3.63, 3.8) is 0 Å². The fraction of sp³-hybridized carbons (Fsp3) is 0.294. The summed E-state index contributed by atoms with van der Waals surface area (Å²) in [7, 11) is 0. The molecule has 0 bridgehead atoms. The first-order valence-corrected chi connectivity index (χ1v) is 11.1. The molecule has 27 heavy (non-hydrogen) atoms. The Kier molecular flexibility index (Phi) is 7.27. The van der Waals surface area contributed by atoms with Gasteiger partial charge in [-0.15, -0.1) is 10.2 Å². The van der Waals surface area contributed by atoms with E-state index in [1.807, 2.05) is 48.0 Å². The third-order valence-electron chi connectivity index (χ3n) is 3.40. The summed E-state index contributed by atoms with van der Waals surface area (Å²) < 4.78 is 2.78. The Morgan fingerprint density at radius 2 is 2.07 bits per heavy atom. The lowest BCUT2D eigenvalue weighted by Crippen LogP contribution is -2.14. The molecule has 0 aliphatic carbocycles. The number of hydrogen-bond acceptors (Lipinski definition) is 8. The highest BCUT2D eigenvalue weighted by Gasteiger charge is 2.13. The highest BCUT2D eigenvalue weighted by molar-refractivity contribution is 8.01. The zero-order chi connectivity index (χ0) is 19.1. The molecule has 2 aromatic heterocycles. The second-order valence-corrected chi connectivity index (χ2v) is 8.86. The zero-order valence-electron chi connectivity index (χ0n) is 14.7. The van der Waals surface area contributed by atoms with Crippen LogP contribution in [0.25, 0.3) is 0 Å². The summed E-state index contributed by atoms with van der Waals surface area (Å²) >= 11 is 4.29. The SMILES string of the molecule is CCSc1nnc(NC(=O)CSc2nc(CO)cn2Cc2ccccc2)s1. The predicted octanol–water partition coefficient (Wildman–Crippen LogP) is 3.12. The van der Waals surface area contributed by atoms with Crippen molar-refractivity contribution >= 4 is 45.9 Å². The van der Waals surface area contributed by atoms with Crippen LogP contribution in [0.2, 0.25) is 0 Å². The van der Waals surface area contributed by atoms with Gasteiger partial charge in [0.2, 0.25) is 11.0 Å². The van der Waals surface area contributed by atoms with Crippen LogP contribution < -0.4 is 5.32 Å². The van der Waals surface area contributed by atoms with Crippen molar-refractivity contribution in [3.05, 3.63) is 47.8 Å². The summed E-state index contributed by atoms with van der Waals surface area (Å²) in [6.45, 7) is 2.54. The monoisotopic (exact) mass is 421 g/mol. The molecule has 3 aromatic rings. The smallest absolute Gasteiger partial charge is 0.236 e. The molecule has 7 nitrogen and oxygen atoms in total. The molecule has 1 aromatic carbocycles. The van der Waals surface area contributed by atoms with Crippen LogP contribution in [0, 0.1) is 0 Å². The fourth-order valence-corrected chi connectivity index (χ4v) is 4.73. The van der Waals surface area contributed by atoms with Crippen molar-refractivity contribution in [2.45, 2.75) is 29.6 Å². The Balaban J connectivity index is 1.60. The van der Waals surface area contributed by atoms with Gasteiger partial charge in [0.25, 0.3) is 0 Å². The summed E-state index contributed by atoms with van der Waals surface area (Å²) in [6, 6.07) is 9.98. The predicted molar refractivity (Wildman–Crippen MR) is 109 cm³/mol. The van der Waals surface area contributed by atoms with Crippen molar-refractivity contribution in [1.29, 1.82) is 0 Å². The fourth-order valence-electron chi connectivity index (χ4n) is 2.26. The Morgan fingerprint density at radius 1 is 1.26 bits per heavy atom. The summed E-state index contributed by atoms with van der Waals surface area (Å²) in [5.74, 6) is 0.950. The van der Waals surface area contributed by atoms with Gasteiger partial charge >= 0.3 is 0 Å². The minimum absolute atomic E-state index is 0.135. The molecule has 0 unspecified atom stereocenters. The highest BCUT2D eigenvalue weighted by Crippen LogP contribution is 2.25. The molecule has 2 N–H and O–H groups in total. The molecular formula is C17H19N5O2S3. The van der Waals surface area contributed by atoms with Crippen LogP contribution >= 0.6 is 34.9 Å². The van der Waals surface area contributed by atoms with Crippen molar-refractivity contribution in [2.75, 3.05) is 16.8 Å². The van der Waals surface area contributed by atoms with Gasteiger partial charge in [-0.3, -0.25) is 10.1 Å². The second kappa shape index (κ2) is 9.88. The number of anilines is 1. The van der Waals surface area contributed by atoms with E-state index in [9.17, 15) is 9.90 Å². The lowest BCUT2D eigenvalue weighted by atomic mass is 10.2. The molecular weight excluding hydrogens is 402 g/mol. The molecule has 0 saturated heterocycles. The number of thioether (sulfide) groups is 2. The molecule has 2 heterocycles. The number of aliphatic hydroxyl groups is 1. The van der Waals surface area contributed by atoms with E-state index in [4.69, 9.17) is 0 Å². The van der Waals surface area contributed by atoms with Crippen molar-refractivity contribution < 1.29 is 9.90 Å². The van der Waals surface area contributed by atoms with Gasteiger partial charge in [-0.1, -0.05) is 72.1 Å². The lowest BCUT2D eigenvalue weighted by molar-refractivity contribution is -0.113. The molecule has 0 fully saturated rings. The molecule has 1 amide bonds. The average molecular weight is 422 g/mol. The number of amides is 1. The van der Waals surface area contributed by atoms with Gasteiger partial charge in [-0.2, -0.15) is 0 Å². The molecule has 0 spiro atoms. The Morgan fingerprint density at radius 3 is 2.81 bits per heavy atom. The molecule has 0 saturated carbocycles. The first kappa shape index (κ1) is 19.9. The van der Waals surface area contributed by atoms with Crippen molar-refractivity contribution in [2.24, 2.45) is 0 Å². The number of rotatable bonds is 9. The second-order valence-electron chi connectivity index (χ2n) is 5.43. The minimum atomic E-state index is -0.163. The van der Waals surface area contributed by atoms with Gasteiger partial charge in [0.1, 0.15) is 0 Å². The molecule has 3 rings (SSSR count). The average Bonchev–Trinajstić information content (AvgIpc) is 3.28. The largest absolute Gasteiger partial charge is 0.390 e. The number of carbonyl (C=O) groups excluding carboxylic acids is 1. The Hall–Kier alpha value is -1.88. The first-order chi connectivity index (χ1) is 13.2. The number of hydrogen-bond donors (Lipinski definition) is 2. The third-order valence-corrected chi connectivity index (χ3v) is 6.25. The number of benzene rings is 1. The summed E-state index contributed by atoms with van der Waals surface area (Å²) in [6.07, 6.45) is 1.81. The topological polar surface area (TPSA) is 92.9 Å². The maximum absolute atomic E-state index is 12.2. The van der Waals surface area contributed by atoms with Crippen LogP contribution in [0.3, 0.4) is 0 Å². The number of nitrogens with one attached hydrogen (secondary N) is 1. The zero-order valence-corrected chi connectivity index (χ0v) is 17.1. The van der Waals surface area contributed by atoms with Crippen LogP contribution in [0.5, 0.6) is 0 Å². The minimum Gasteiger partial charge on any atom is -0.390 e. The molecule has 0 aliphatic heterocycles. The van der Waals surface area contributed by atoms with E-state index >= 15 is 0 Å². The molecule has 10 heteroatoms. The third kappa shape index (κ3) is 5.80. The first-order valence-electron chi connectivity index (χ1n) is 8.27. The Bertz CT molecular complexity index is 882. The molecule has 0 atom stereocenters. The van der Waals surface area contributed by atoms with Crippen molar-refractivity contribution in [3.8, 4) is 0 Å². The van der Waals surface area contributed by atoms with Gasteiger partial charge in [-0.25, -0.2) is 4.98 Å². The van der Waals surface area contributed by atoms with E-state index in [0.717, 1.165) is 15.7 Å². The van der Waals surface area contributed by atoms with Gasteiger partial charge in [0.05, 0.1) is 18.1 Å². The van der Waals surface area contributed by atoms with Crippen LogP contribution in [0.1, 0.15) is 18.2 Å².